The van der Waals surface area contributed by atoms with Crippen molar-refractivity contribution in [3.8, 4) is 5.75 Å². The smallest absolute Gasteiger partial charge is 0.224 e. The number of anilines is 2. The summed E-state index contributed by atoms with van der Waals surface area (Å²) in [6, 6.07) is 6.39. The second-order valence-electron chi connectivity index (χ2n) is 7.91. The molecule has 9 heteroatoms. The molecule has 2 aliphatic rings. The number of benzene rings is 1. The van der Waals surface area contributed by atoms with E-state index in [2.05, 4.69) is 42.3 Å². The Morgan fingerprint density at radius 1 is 1.00 bits per heavy atom. The molecular formula is C22H25ClN6O2. The molecule has 8 nitrogen and oxygen atoms in total. The third-order valence-corrected chi connectivity index (χ3v) is 6.03. The number of halogens is 1. The maximum Gasteiger partial charge on any atom is 0.224 e. The molecule has 162 valence electrons. The van der Waals surface area contributed by atoms with E-state index in [4.69, 9.17) is 21.1 Å². The molecule has 0 atom stereocenters. The molecule has 1 aliphatic heterocycles. The molecule has 1 aliphatic carbocycles. The molecule has 2 fully saturated rings. The first kappa shape index (κ1) is 20.2. The Hall–Kier alpha value is -2.71. The summed E-state index contributed by atoms with van der Waals surface area (Å²) < 4.78 is 12.0. The number of aromatic nitrogens is 4. The number of hydrogen-bond donors (Lipinski definition) is 1. The van der Waals surface area contributed by atoms with Crippen LogP contribution in [0.15, 0.2) is 36.8 Å². The SMILES string of the molecule is Clc1nccc(N[C@H]2CC[C@@H](Oc3cc(N4CCOCC4)cc4nccnc34)CC2)n1. The van der Waals surface area contributed by atoms with Gasteiger partial charge in [-0.15, -0.1) is 0 Å². The summed E-state index contributed by atoms with van der Waals surface area (Å²) >= 11 is 5.89. The topological polar surface area (TPSA) is 85.3 Å². The number of ether oxygens (including phenoxy) is 2. The number of morpholine rings is 1. The highest BCUT2D eigenvalue weighted by Crippen LogP contribution is 2.33. The summed E-state index contributed by atoms with van der Waals surface area (Å²) in [5.74, 6) is 1.58. The maximum absolute atomic E-state index is 6.48. The second kappa shape index (κ2) is 9.20. The molecule has 2 aromatic heterocycles. The van der Waals surface area contributed by atoms with Crippen molar-refractivity contribution < 1.29 is 9.47 Å². The van der Waals surface area contributed by atoms with E-state index >= 15 is 0 Å². The number of nitrogens with one attached hydrogen (secondary N) is 1. The Morgan fingerprint density at radius 2 is 1.81 bits per heavy atom. The van der Waals surface area contributed by atoms with Gasteiger partial charge in [-0.2, -0.15) is 0 Å². The van der Waals surface area contributed by atoms with E-state index in [1.165, 1.54) is 0 Å². The van der Waals surface area contributed by atoms with Gasteiger partial charge in [-0.3, -0.25) is 4.98 Å². The summed E-state index contributed by atoms with van der Waals surface area (Å²) in [5, 5.41) is 3.72. The van der Waals surface area contributed by atoms with Crippen LogP contribution in [-0.4, -0.2) is 58.4 Å². The largest absolute Gasteiger partial charge is 0.488 e. The Labute approximate surface area is 186 Å². The fraction of sp³-hybridized carbons (Fsp3) is 0.455. The van der Waals surface area contributed by atoms with Crippen LogP contribution in [0.1, 0.15) is 25.7 Å². The van der Waals surface area contributed by atoms with Crippen LogP contribution >= 0.6 is 11.6 Å². The molecule has 0 radical (unpaired) electrons. The van der Waals surface area contributed by atoms with Gasteiger partial charge in [0, 0.05) is 49.5 Å². The zero-order chi connectivity index (χ0) is 21.0. The standard InChI is InChI=1S/C22H25ClN6O2/c23-22-26-6-5-20(28-22)27-15-1-3-17(4-2-15)31-19-14-16(29-9-11-30-12-10-29)13-18-21(19)25-8-7-24-18/h5-8,13-15,17H,1-4,9-12H2,(H,26,27,28)/t15-,17+. The van der Waals surface area contributed by atoms with Gasteiger partial charge in [0.2, 0.25) is 5.28 Å². The lowest BCUT2D eigenvalue weighted by atomic mass is 9.93. The lowest BCUT2D eigenvalue weighted by Crippen LogP contribution is -2.36. The predicted octanol–water partition coefficient (Wildman–Crippen LogP) is 3.71. The van der Waals surface area contributed by atoms with Gasteiger partial charge in [0.15, 0.2) is 0 Å². The van der Waals surface area contributed by atoms with Gasteiger partial charge >= 0.3 is 0 Å². The van der Waals surface area contributed by atoms with Crippen molar-refractivity contribution in [3.63, 3.8) is 0 Å². The van der Waals surface area contributed by atoms with E-state index in [0.717, 1.165) is 80.3 Å². The zero-order valence-electron chi connectivity index (χ0n) is 17.2. The van der Waals surface area contributed by atoms with Gasteiger partial charge in [0.25, 0.3) is 0 Å². The summed E-state index contributed by atoms with van der Waals surface area (Å²) in [4.78, 5) is 19.5. The van der Waals surface area contributed by atoms with Crippen LogP contribution in [0.5, 0.6) is 5.75 Å². The first-order valence-electron chi connectivity index (χ1n) is 10.7. The van der Waals surface area contributed by atoms with Gasteiger partial charge in [0.1, 0.15) is 17.1 Å². The maximum atomic E-state index is 6.48. The van der Waals surface area contributed by atoms with Crippen molar-refractivity contribution in [2.45, 2.75) is 37.8 Å². The molecule has 0 amide bonds. The normalized spacial score (nSPS) is 21.8. The van der Waals surface area contributed by atoms with Crippen LogP contribution in [0.4, 0.5) is 11.5 Å². The molecule has 5 rings (SSSR count). The summed E-state index contributed by atoms with van der Waals surface area (Å²) in [6.45, 7) is 3.22. The summed E-state index contributed by atoms with van der Waals surface area (Å²) in [6.07, 6.45) is 9.18. The van der Waals surface area contributed by atoms with Crippen molar-refractivity contribution in [1.82, 2.24) is 19.9 Å². The number of hydrogen-bond acceptors (Lipinski definition) is 8. The predicted molar refractivity (Wildman–Crippen MR) is 120 cm³/mol. The monoisotopic (exact) mass is 440 g/mol. The number of fused-ring (bicyclic) bond motifs is 1. The molecule has 31 heavy (non-hydrogen) atoms. The van der Waals surface area contributed by atoms with Crippen LogP contribution in [0.25, 0.3) is 11.0 Å². The van der Waals surface area contributed by atoms with E-state index in [1.807, 2.05) is 6.07 Å². The molecule has 0 bridgehead atoms. The summed E-state index contributed by atoms with van der Waals surface area (Å²) in [5.41, 5.74) is 2.79. The third kappa shape index (κ3) is 4.80. The Balaban J connectivity index is 1.28. The molecule has 1 saturated carbocycles. The van der Waals surface area contributed by atoms with Crippen LogP contribution in [0.3, 0.4) is 0 Å². The molecule has 1 saturated heterocycles. The lowest BCUT2D eigenvalue weighted by Gasteiger charge is -2.31. The number of rotatable bonds is 5. The lowest BCUT2D eigenvalue weighted by molar-refractivity contribution is 0.122. The molecule has 3 aromatic rings. The van der Waals surface area contributed by atoms with Gasteiger partial charge < -0.3 is 19.7 Å². The third-order valence-electron chi connectivity index (χ3n) is 5.85. The fourth-order valence-electron chi connectivity index (χ4n) is 4.25. The van der Waals surface area contributed by atoms with Crippen LogP contribution in [-0.2, 0) is 4.74 Å². The highest BCUT2D eigenvalue weighted by Gasteiger charge is 2.24. The second-order valence-corrected chi connectivity index (χ2v) is 8.25. The Morgan fingerprint density at radius 3 is 2.61 bits per heavy atom. The average Bonchev–Trinajstić information content (AvgIpc) is 2.81. The molecule has 0 spiro atoms. The minimum absolute atomic E-state index is 0.150. The number of nitrogens with zero attached hydrogens (tertiary/aromatic N) is 5. The summed E-state index contributed by atoms with van der Waals surface area (Å²) in [7, 11) is 0. The first-order valence-corrected chi connectivity index (χ1v) is 11.1. The highest BCUT2D eigenvalue weighted by atomic mass is 35.5. The van der Waals surface area contributed by atoms with Crippen molar-refractivity contribution in [2.24, 2.45) is 0 Å². The average molecular weight is 441 g/mol. The van der Waals surface area contributed by atoms with Crippen molar-refractivity contribution in [1.29, 1.82) is 0 Å². The highest BCUT2D eigenvalue weighted by molar-refractivity contribution is 6.28. The quantitative estimate of drug-likeness (QED) is 0.601. The van der Waals surface area contributed by atoms with Gasteiger partial charge in [-0.05, 0) is 49.4 Å². The molecule has 1 N–H and O–H groups in total. The van der Waals surface area contributed by atoms with Crippen molar-refractivity contribution >= 4 is 34.1 Å². The molecule has 1 aromatic carbocycles. The van der Waals surface area contributed by atoms with Crippen LogP contribution < -0.4 is 15.0 Å². The van der Waals surface area contributed by atoms with Crippen molar-refractivity contribution in [2.75, 3.05) is 36.5 Å². The minimum atomic E-state index is 0.150. The first-order chi connectivity index (χ1) is 15.2. The molecule has 0 unspecified atom stereocenters. The zero-order valence-corrected chi connectivity index (χ0v) is 18.0. The van der Waals surface area contributed by atoms with Gasteiger partial charge in [-0.1, -0.05) is 0 Å². The Kier molecular flexibility index (Phi) is 5.99. The molecular weight excluding hydrogens is 416 g/mol. The van der Waals surface area contributed by atoms with Crippen molar-refractivity contribution in [3.05, 3.63) is 42.1 Å². The minimum Gasteiger partial charge on any atom is -0.488 e. The van der Waals surface area contributed by atoms with E-state index < -0.39 is 0 Å². The van der Waals surface area contributed by atoms with E-state index in [9.17, 15) is 0 Å². The fourth-order valence-corrected chi connectivity index (χ4v) is 4.40. The van der Waals surface area contributed by atoms with E-state index in [1.54, 1.807) is 18.6 Å². The van der Waals surface area contributed by atoms with Gasteiger partial charge in [-0.25, -0.2) is 15.0 Å². The molecule has 3 heterocycles. The van der Waals surface area contributed by atoms with E-state index in [0.29, 0.717) is 6.04 Å². The van der Waals surface area contributed by atoms with Gasteiger partial charge in [0.05, 0.1) is 24.8 Å². The van der Waals surface area contributed by atoms with E-state index in [-0.39, 0.29) is 11.4 Å². The van der Waals surface area contributed by atoms with Crippen LogP contribution in [0.2, 0.25) is 5.28 Å². The Bertz CT molecular complexity index is 1040. The van der Waals surface area contributed by atoms with Crippen LogP contribution in [0, 0.1) is 0 Å².